The number of anilines is 1. The number of carbonyl (C=O) groups excluding carboxylic acids is 1. The molecule has 186 valence electrons. The third-order valence-electron chi connectivity index (χ3n) is 6.12. The minimum Gasteiger partial charge on any atom is -0.365 e. The molecule has 0 aliphatic heterocycles. The summed E-state index contributed by atoms with van der Waals surface area (Å²) in [5.74, 6) is -0.649. The van der Waals surface area contributed by atoms with E-state index in [2.05, 4.69) is 30.6 Å². The molecule has 11 heteroatoms. The summed E-state index contributed by atoms with van der Waals surface area (Å²) < 4.78 is 30.2. The fraction of sp³-hybridized carbons (Fsp3) is 0.320. The Hall–Kier alpha value is -4.17. The van der Waals surface area contributed by atoms with Crippen molar-refractivity contribution in [3.05, 3.63) is 59.9 Å². The lowest BCUT2D eigenvalue weighted by Crippen LogP contribution is -2.37. The van der Waals surface area contributed by atoms with Crippen LogP contribution in [-0.2, 0) is 7.05 Å². The maximum atomic E-state index is 14.3. The summed E-state index contributed by atoms with van der Waals surface area (Å²) in [5, 5.41) is 16.1. The van der Waals surface area contributed by atoms with Gasteiger partial charge in [0, 0.05) is 42.5 Å². The van der Waals surface area contributed by atoms with E-state index < -0.39 is 11.6 Å². The molecule has 1 fully saturated rings. The summed E-state index contributed by atoms with van der Waals surface area (Å²) in [5.41, 5.74) is 1.46. The smallest absolute Gasteiger partial charge is 0.183 e. The third kappa shape index (κ3) is 5.55. The second-order valence-electron chi connectivity index (χ2n) is 8.66. The number of nitrogens with one attached hydrogen (secondary N) is 3. The Bertz CT molecular complexity index is 1410. The van der Waals surface area contributed by atoms with Crippen LogP contribution in [0.5, 0.6) is 0 Å². The number of aryl methyl sites for hydroxylation is 1. The molecule has 0 saturated heterocycles. The van der Waals surface area contributed by atoms with Gasteiger partial charge in [-0.3, -0.25) is 4.79 Å². The number of nitrogens with zero attached hydrogens (tertiary/aromatic N) is 5. The SMILES string of the molecule is CNC1CCCC(Nc2nc(-c3c[nH]c4c(F)cc(C#N)cc34)ncc2F)C1.Cn1cnc(C=O)c1. The van der Waals surface area contributed by atoms with Crippen LogP contribution in [0.4, 0.5) is 14.6 Å². The first kappa shape index (κ1) is 24.9. The van der Waals surface area contributed by atoms with Gasteiger partial charge >= 0.3 is 0 Å². The topological polar surface area (TPSA) is 124 Å². The molecule has 0 amide bonds. The zero-order valence-corrected chi connectivity index (χ0v) is 19.9. The quantitative estimate of drug-likeness (QED) is 0.360. The van der Waals surface area contributed by atoms with E-state index in [0.717, 1.165) is 38.2 Å². The number of hydrogen-bond acceptors (Lipinski definition) is 7. The highest BCUT2D eigenvalue weighted by Gasteiger charge is 2.23. The van der Waals surface area contributed by atoms with Crippen LogP contribution in [0.15, 0.2) is 37.1 Å². The molecular weight excluding hydrogens is 466 g/mol. The number of hydrogen-bond donors (Lipinski definition) is 3. The number of imidazole rings is 1. The molecule has 2 unspecified atom stereocenters. The standard InChI is InChI=1S/C20H20F2N6.C5H6N2O/c1-24-12-3-2-4-13(7-12)27-20-17(22)10-26-19(28-20)15-9-25-18-14(15)5-11(8-23)6-16(18)21;1-7-2-5(3-8)6-4-7/h5-6,9-10,12-13,24-25H,2-4,7H2,1H3,(H,26,27,28);2-4H,1H3. The van der Waals surface area contributed by atoms with E-state index in [9.17, 15) is 13.6 Å². The fourth-order valence-electron chi connectivity index (χ4n) is 4.31. The van der Waals surface area contributed by atoms with Crippen molar-refractivity contribution in [2.45, 2.75) is 37.8 Å². The van der Waals surface area contributed by atoms with Gasteiger partial charge in [-0.05, 0) is 44.9 Å². The van der Waals surface area contributed by atoms with E-state index in [1.807, 2.05) is 20.2 Å². The maximum Gasteiger partial charge on any atom is 0.183 e. The number of carbonyl (C=O) groups is 1. The Balaban J connectivity index is 0.000000325. The minimum atomic E-state index is -0.529. The monoisotopic (exact) mass is 492 g/mol. The Kier molecular flexibility index (Phi) is 7.65. The van der Waals surface area contributed by atoms with Gasteiger partial charge in [0.15, 0.2) is 23.7 Å². The first-order valence-corrected chi connectivity index (χ1v) is 11.5. The predicted molar refractivity (Wildman–Crippen MR) is 131 cm³/mol. The molecule has 0 bridgehead atoms. The van der Waals surface area contributed by atoms with Gasteiger partial charge in [0.1, 0.15) is 11.5 Å². The molecule has 0 spiro atoms. The molecule has 1 aliphatic rings. The highest BCUT2D eigenvalue weighted by Crippen LogP contribution is 2.30. The molecular formula is C25H26F2N8O. The Morgan fingerprint density at radius 3 is 2.69 bits per heavy atom. The van der Waals surface area contributed by atoms with Crippen molar-refractivity contribution in [1.82, 2.24) is 29.8 Å². The Labute approximate surface area is 206 Å². The van der Waals surface area contributed by atoms with Gasteiger partial charge in [-0.2, -0.15) is 5.26 Å². The predicted octanol–water partition coefficient (Wildman–Crippen LogP) is 3.95. The van der Waals surface area contributed by atoms with Gasteiger partial charge < -0.3 is 20.2 Å². The number of rotatable bonds is 5. The van der Waals surface area contributed by atoms with Gasteiger partial charge in [0.05, 0.1) is 29.7 Å². The highest BCUT2D eigenvalue weighted by atomic mass is 19.1. The number of H-pyrrole nitrogens is 1. The lowest BCUT2D eigenvalue weighted by molar-refractivity contribution is 0.111. The van der Waals surface area contributed by atoms with Gasteiger partial charge in [-0.25, -0.2) is 23.7 Å². The van der Waals surface area contributed by atoms with E-state index in [1.165, 1.54) is 6.07 Å². The van der Waals surface area contributed by atoms with E-state index in [1.54, 1.807) is 29.4 Å². The minimum absolute atomic E-state index is 0.119. The second kappa shape index (κ2) is 11.0. The van der Waals surface area contributed by atoms with Gasteiger partial charge in [0.25, 0.3) is 0 Å². The van der Waals surface area contributed by atoms with Crippen LogP contribution in [0, 0.1) is 23.0 Å². The zero-order valence-electron chi connectivity index (χ0n) is 19.9. The number of fused-ring (bicyclic) bond motifs is 1. The van der Waals surface area contributed by atoms with Crippen molar-refractivity contribution in [1.29, 1.82) is 5.26 Å². The summed E-state index contributed by atoms with van der Waals surface area (Å²) in [7, 11) is 3.75. The lowest BCUT2D eigenvalue weighted by atomic mass is 9.91. The van der Waals surface area contributed by atoms with Crippen molar-refractivity contribution in [3.63, 3.8) is 0 Å². The van der Waals surface area contributed by atoms with Gasteiger partial charge in [-0.15, -0.1) is 0 Å². The number of nitriles is 1. The maximum absolute atomic E-state index is 14.3. The molecule has 1 saturated carbocycles. The summed E-state index contributed by atoms with van der Waals surface area (Å²) >= 11 is 0. The van der Waals surface area contributed by atoms with Crippen LogP contribution in [0.1, 0.15) is 41.7 Å². The van der Waals surface area contributed by atoms with E-state index in [-0.39, 0.29) is 28.8 Å². The average molecular weight is 493 g/mol. The lowest BCUT2D eigenvalue weighted by Gasteiger charge is -2.29. The Morgan fingerprint density at radius 2 is 2.03 bits per heavy atom. The molecule has 2 atom stereocenters. The van der Waals surface area contributed by atoms with Crippen molar-refractivity contribution < 1.29 is 13.6 Å². The summed E-state index contributed by atoms with van der Waals surface area (Å²) in [6, 6.07) is 5.20. The zero-order chi connectivity index (χ0) is 25.7. The molecule has 9 nitrogen and oxygen atoms in total. The van der Waals surface area contributed by atoms with Crippen molar-refractivity contribution in [2.75, 3.05) is 12.4 Å². The van der Waals surface area contributed by atoms with Crippen LogP contribution in [0.3, 0.4) is 0 Å². The number of aldehydes is 1. The van der Waals surface area contributed by atoms with Crippen LogP contribution in [-0.4, -0.2) is 49.9 Å². The van der Waals surface area contributed by atoms with Gasteiger partial charge in [-0.1, -0.05) is 0 Å². The fourth-order valence-corrected chi connectivity index (χ4v) is 4.31. The highest BCUT2D eigenvalue weighted by molar-refractivity contribution is 5.95. The summed E-state index contributed by atoms with van der Waals surface area (Å²) in [6.45, 7) is 0. The van der Waals surface area contributed by atoms with E-state index in [0.29, 0.717) is 22.7 Å². The van der Waals surface area contributed by atoms with Crippen molar-refractivity contribution in [3.8, 4) is 17.5 Å². The molecule has 0 radical (unpaired) electrons. The summed E-state index contributed by atoms with van der Waals surface area (Å²) in [4.78, 5) is 25.0. The largest absolute Gasteiger partial charge is 0.365 e. The number of benzene rings is 1. The van der Waals surface area contributed by atoms with Crippen LogP contribution in [0.2, 0.25) is 0 Å². The van der Waals surface area contributed by atoms with Crippen molar-refractivity contribution in [2.24, 2.45) is 7.05 Å². The van der Waals surface area contributed by atoms with Crippen LogP contribution >= 0.6 is 0 Å². The molecule has 4 aromatic rings. The van der Waals surface area contributed by atoms with Gasteiger partial charge in [0.2, 0.25) is 0 Å². The first-order valence-electron chi connectivity index (χ1n) is 11.5. The Morgan fingerprint density at radius 1 is 1.22 bits per heavy atom. The number of aromatic nitrogens is 5. The molecule has 3 N–H and O–H groups in total. The second-order valence-corrected chi connectivity index (χ2v) is 8.66. The molecule has 1 aliphatic carbocycles. The molecule has 36 heavy (non-hydrogen) atoms. The molecule has 3 heterocycles. The first-order chi connectivity index (χ1) is 17.4. The molecule has 5 rings (SSSR count). The van der Waals surface area contributed by atoms with E-state index >= 15 is 0 Å². The number of aromatic amines is 1. The van der Waals surface area contributed by atoms with E-state index in [4.69, 9.17) is 5.26 Å². The average Bonchev–Trinajstić information content (AvgIpc) is 3.52. The van der Waals surface area contributed by atoms with Crippen molar-refractivity contribution >= 4 is 23.0 Å². The van der Waals surface area contributed by atoms with Crippen LogP contribution < -0.4 is 10.6 Å². The molecule has 1 aromatic carbocycles. The molecule has 3 aromatic heterocycles. The summed E-state index contributed by atoms with van der Waals surface area (Å²) in [6.07, 6.45) is 10.7. The van der Waals surface area contributed by atoms with Crippen LogP contribution in [0.25, 0.3) is 22.3 Å². The third-order valence-corrected chi connectivity index (χ3v) is 6.12. The number of halogens is 2. The normalized spacial score (nSPS) is 17.2.